The van der Waals surface area contributed by atoms with Gasteiger partial charge in [-0.3, -0.25) is 9.59 Å². The number of primary amides is 1. The lowest BCUT2D eigenvalue weighted by Gasteiger charge is -2.29. The van der Waals surface area contributed by atoms with Gasteiger partial charge in [0.15, 0.2) is 5.78 Å². The van der Waals surface area contributed by atoms with E-state index in [4.69, 9.17) is 5.73 Å². The van der Waals surface area contributed by atoms with Crippen molar-refractivity contribution in [3.8, 4) is 11.1 Å². The van der Waals surface area contributed by atoms with Crippen LogP contribution in [0.15, 0.2) is 36.5 Å². The molecule has 0 spiro atoms. The third kappa shape index (κ3) is 3.99. The second-order valence-electron chi connectivity index (χ2n) is 9.25. The first kappa shape index (κ1) is 22.3. The van der Waals surface area contributed by atoms with Crippen LogP contribution in [-0.4, -0.2) is 11.7 Å². The third-order valence-electron chi connectivity index (χ3n) is 7.13. The molecular formula is C28H34N2O2. The summed E-state index contributed by atoms with van der Waals surface area (Å²) in [6.45, 7) is 6.55. The summed E-state index contributed by atoms with van der Waals surface area (Å²) < 4.78 is 0. The molecule has 2 aromatic carbocycles. The van der Waals surface area contributed by atoms with Crippen molar-refractivity contribution < 1.29 is 9.59 Å². The largest absolute Gasteiger partial charge is 0.366 e. The first-order valence-electron chi connectivity index (χ1n) is 12.1. The first-order valence-corrected chi connectivity index (χ1v) is 12.1. The molecule has 168 valence electrons. The van der Waals surface area contributed by atoms with Crippen LogP contribution in [0.3, 0.4) is 0 Å². The van der Waals surface area contributed by atoms with Gasteiger partial charge in [-0.25, -0.2) is 0 Å². The summed E-state index contributed by atoms with van der Waals surface area (Å²) in [7, 11) is 0. The van der Waals surface area contributed by atoms with E-state index in [2.05, 4.69) is 56.4 Å². The highest BCUT2D eigenvalue weighted by Gasteiger charge is 2.29. The summed E-state index contributed by atoms with van der Waals surface area (Å²) in [6.07, 6.45) is 10.9. The van der Waals surface area contributed by atoms with Gasteiger partial charge >= 0.3 is 0 Å². The van der Waals surface area contributed by atoms with Crippen LogP contribution in [0.25, 0.3) is 11.1 Å². The number of benzene rings is 2. The van der Waals surface area contributed by atoms with E-state index in [0.717, 1.165) is 64.8 Å². The van der Waals surface area contributed by atoms with E-state index in [1.165, 1.54) is 12.8 Å². The second kappa shape index (κ2) is 9.32. The zero-order valence-corrected chi connectivity index (χ0v) is 19.5. The molecule has 4 rings (SSSR count). The fourth-order valence-corrected chi connectivity index (χ4v) is 5.29. The molecule has 2 aliphatic rings. The summed E-state index contributed by atoms with van der Waals surface area (Å²) in [5.74, 6) is 0.249. The molecule has 2 atom stereocenters. The van der Waals surface area contributed by atoms with Crippen molar-refractivity contribution in [3.63, 3.8) is 0 Å². The van der Waals surface area contributed by atoms with E-state index < -0.39 is 0 Å². The number of allylic oxidation sites excluding steroid dienone is 1. The van der Waals surface area contributed by atoms with Crippen molar-refractivity contribution in [2.45, 2.75) is 77.6 Å². The number of aryl methyl sites for hydroxylation is 1. The van der Waals surface area contributed by atoms with Gasteiger partial charge in [0, 0.05) is 17.9 Å². The van der Waals surface area contributed by atoms with Crippen LogP contribution in [0.5, 0.6) is 0 Å². The number of carbonyl (C=O) groups is 2. The molecule has 0 saturated heterocycles. The highest BCUT2D eigenvalue weighted by atomic mass is 16.1. The summed E-state index contributed by atoms with van der Waals surface area (Å²) >= 11 is 0. The Hall–Kier alpha value is -2.88. The van der Waals surface area contributed by atoms with Crippen LogP contribution in [0.2, 0.25) is 0 Å². The van der Waals surface area contributed by atoms with Gasteiger partial charge in [0.2, 0.25) is 0 Å². The number of anilines is 1. The lowest BCUT2D eigenvalue weighted by molar-refractivity contribution is 0.0988. The number of fused-ring (bicyclic) bond motifs is 2. The predicted molar refractivity (Wildman–Crippen MR) is 131 cm³/mol. The molecule has 1 aliphatic carbocycles. The molecule has 2 unspecified atom stereocenters. The first-order chi connectivity index (χ1) is 15.5. The average Bonchev–Trinajstić information content (AvgIpc) is 3.17. The Labute approximate surface area is 191 Å². The molecule has 3 N–H and O–H groups in total. The minimum Gasteiger partial charge on any atom is -0.366 e. The zero-order chi connectivity index (χ0) is 22.8. The maximum atomic E-state index is 12.7. The van der Waals surface area contributed by atoms with Gasteiger partial charge in [0.1, 0.15) is 0 Å². The number of Topliss-reactive ketones (excluding diaryl/α,β-unsaturated/α-hetero) is 1. The summed E-state index contributed by atoms with van der Waals surface area (Å²) in [5, 5.41) is 3.36. The number of rotatable bonds is 8. The lowest BCUT2D eigenvalue weighted by atomic mass is 9.79. The van der Waals surface area contributed by atoms with Crippen molar-refractivity contribution in [1.29, 1.82) is 0 Å². The number of hydrogen-bond donors (Lipinski definition) is 2. The second-order valence-corrected chi connectivity index (χ2v) is 9.25. The highest BCUT2D eigenvalue weighted by Crippen LogP contribution is 2.45. The summed E-state index contributed by atoms with van der Waals surface area (Å²) in [4.78, 5) is 25.1. The van der Waals surface area contributed by atoms with Gasteiger partial charge in [0.05, 0.1) is 11.3 Å². The quantitative estimate of drug-likeness (QED) is 0.458. The molecule has 0 radical (unpaired) electrons. The van der Waals surface area contributed by atoms with Crippen LogP contribution in [0.4, 0.5) is 5.69 Å². The Morgan fingerprint density at radius 3 is 2.69 bits per heavy atom. The molecule has 1 heterocycles. The molecule has 1 amide bonds. The van der Waals surface area contributed by atoms with Gasteiger partial charge in [-0.05, 0) is 71.3 Å². The Morgan fingerprint density at radius 2 is 1.97 bits per heavy atom. The van der Waals surface area contributed by atoms with Gasteiger partial charge < -0.3 is 11.1 Å². The molecule has 0 bridgehead atoms. The molecule has 0 fully saturated rings. The van der Waals surface area contributed by atoms with E-state index in [-0.39, 0.29) is 23.5 Å². The standard InChI is InChI=1S/C28H34N2O2/c1-4-6-7-8-17(3)21-16-23(20-10-9-19-11-12-24(31)22(19)15-20)25-18(5-2)13-14-30-27(25)26(21)28(29)32/h9-10,13-18,30H,4-8,11-12H2,1-3H3,(H2,29,32). The van der Waals surface area contributed by atoms with Crippen LogP contribution in [-0.2, 0) is 6.42 Å². The Bertz CT molecular complexity index is 1080. The smallest absolute Gasteiger partial charge is 0.251 e. The normalized spacial score (nSPS) is 17.6. The molecule has 0 saturated carbocycles. The minimum absolute atomic E-state index is 0.188. The van der Waals surface area contributed by atoms with Gasteiger partial charge in [-0.1, -0.05) is 58.2 Å². The van der Waals surface area contributed by atoms with E-state index >= 15 is 0 Å². The fourth-order valence-electron chi connectivity index (χ4n) is 5.29. The third-order valence-corrected chi connectivity index (χ3v) is 7.13. The minimum atomic E-state index is -0.382. The Kier molecular flexibility index (Phi) is 6.50. The summed E-state index contributed by atoms with van der Waals surface area (Å²) in [5.41, 5.74) is 13.7. The number of amides is 1. The Balaban J connectivity index is 1.93. The molecule has 4 heteroatoms. The molecule has 32 heavy (non-hydrogen) atoms. The topological polar surface area (TPSA) is 72.2 Å². The number of ketones is 1. The van der Waals surface area contributed by atoms with Gasteiger partial charge in [-0.15, -0.1) is 0 Å². The number of unbranched alkanes of at least 4 members (excludes halogenated alkanes) is 2. The molecule has 0 aromatic heterocycles. The van der Waals surface area contributed by atoms with Gasteiger partial charge in [0.25, 0.3) is 5.91 Å². The van der Waals surface area contributed by atoms with Crippen LogP contribution in [0.1, 0.15) is 109 Å². The van der Waals surface area contributed by atoms with Crippen LogP contribution in [0, 0.1) is 0 Å². The van der Waals surface area contributed by atoms with E-state index in [0.29, 0.717) is 12.0 Å². The number of carbonyl (C=O) groups excluding carboxylic acids is 2. The monoisotopic (exact) mass is 430 g/mol. The number of nitrogens with one attached hydrogen (secondary N) is 1. The molecule has 2 aromatic rings. The van der Waals surface area contributed by atoms with Crippen molar-refractivity contribution in [2.75, 3.05) is 5.32 Å². The number of hydrogen-bond acceptors (Lipinski definition) is 3. The SMILES string of the molecule is CCCCCC(C)c1cc(-c2ccc3c(c2)C(=O)CC3)c2c(c1C(N)=O)NC=CC2CC. The van der Waals surface area contributed by atoms with Crippen molar-refractivity contribution >= 4 is 17.4 Å². The Morgan fingerprint density at radius 1 is 1.16 bits per heavy atom. The molecular weight excluding hydrogens is 396 g/mol. The maximum Gasteiger partial charge on any atom is 0.251 e. The van der Waals surface area contributed by atoms with E-state index in [1.54, 1.807) is 0 Å². The highest BCUT2D eigenvalue weighted by molar-refractivity contribution is 6.04. The molecule has 1 aliphatic heterocycles. The van der Waals surface area contributed by atoms with Crippen LogP contribution >= 0.6 is 0 Å². The van der Waals surface area contributed by atoms with Crippen LogP contribution < -0.4 is 11.1 Å². The molecule has 4 nitrogen and oxygen atoms in total. The number of nitrogens with two attached hydrogens (primary N) is 1. The zero-order valence-electron chi connectivity index (χ0n) is 19.5. The van der Waals surface area contributed by atoms with Crippen molar-refractivity contribution in [1.82, 2.24) is 0 Å². The van der Waals surface area contributed by atoms with Gasteiger partial charge in [-0.2, -0.15) is 0 Å². The van der Waals surface area contributed by atoms with Crippen molar-refractivity contribution in [3.05, 3.63) is 64.4 Å². The average molecular weight is 431 g/mol. The van der Waals surface area contributed by atoms with Crippen molar-refractivity contribution in [2.24, 2.45) is 5.73 Å². The lowest BCUT2D eigenvalue weighted by Crippen LogP contribution is -2.21. The van der Waals surface area contributed by atoms with E-state index in [9.17, 15) is 9.59 Å². The maximum absolute atomic E-state index is 12.7. The summed E-state index contributed by atoms with van der Waals surface area (Å²) in [6, 6.07) is 8.47. The predicted octanol–water partition coefficient (Wildman–Crippen LogP) is 6.70. The van der Waals surface area contributed by atoms with E-state index in [1.807, 2.05) is 6.20 Å². The fraction of sp³-hybridized carbons (Fsp3) is 0.429.